The van der Waals surface area contributed by atoms with E-state index in [1.165, 1.54) is 43.5 Å². The van der Waals surface area contributed by atoms with Crippen molar-refractivity contribution in [2.45, 2.75) is 16.7 Å². The number of aryl methyl sites for hydroxylation is 1. The molecule has 0 fully saturated rings. The highest BCUT2D eigenvalue weighted by Gasteiger charge is 2.18. The molecule has 0 radical (unpaired) electrons. The van der Waals surface area contributed by atoms with Gasteiger partial charge in [0.1, 0.15) is 5.75 Å². The molecule has 7 nitrogen and oxygen atoms in total. The van der Waals surface area contributed by atoms with Crippen LogP contribution in [0.1, 0.15) is 5.56 Å². The molecular formula is C20H19BrN2O5S2. The van der Waals surface area contributed by atoms with Gasteiger partial charge in [-0.05, 0) is 73.2 Å². The molecule has 0 saturated carbocycles. The van der Waals surface area contributed by atoms with Crippen LogP contribution in [-0.2, 0) is 20.0 Å². The molecule has 0 atom stereocenters. The zero-order valence-corrected chi connectivity index (χ0v) is 19.3. The van der Waals surface area contributed by atoms with Gasteiger partial charge in [0.05, 0.1) is 22.6 Å². The SMILES string of the molecule is COc1ccc(C)cc1NS(=O)(=O)c1ccc(NS(=O)(=O)c2ccc(Br)cc2)cc1. The third-order valence-corrected chi connectivity index (χ3v) is 7.45. The van der Waals surface area contributed by atoms with Crippen LogP contribution in [0.15, 0.2) is 81.0 Å². The van der Waals surface area contributed by atoms with Gasteiger partial charge in [0.2, 0.25) is 0 Å². The lowest BCUT2D eigenvalue weighted by atomic mass is 10.2. The third-order valence-electron chi connectivity index (χ3n) is 4.14. The Bertz CT molecular complexity index is 1260. The van der Waals surface area contributed by atoms with E-state index in [-0.39, 0.29) is 15.5 Å². The summed E-state index contributed by atoms with van der Waals surface area (Å²) >= 11 is 3.26. The molecule has 0 amide bonds. The highest BCUT2D eigenvalue weighted by Crippen LogP contribution is 2.28. The fourth-order valence-corrected chi connectivity index (χ4v) is 5.02. The Kier molecular flexibility index (Phi) is 6.39. The fourth-order valence-electron chi connectivity index (χ4n) is 2.64. The maximum Gasteiger partial charge on any atom is 0.262 e. The minimum absolute atomic E-state index is 0.0161. The van der Waals surface area contributed by atoms with Crippen molar-refractivity contribution in [2.24, 2.45) is 0 Å². The number of anilines is 2. The van der Waals surface area contributed by atoms with Gasteiger partial charge in [0.25, 0.3) is 20.0 Å². The Morgan fingerprint density at radius 3 is 1.87 bits per heavy atom. The van der Waals surface area contributed by atoms with Crippen LogP contribution in [0, 0.1) is 6.92 Å². The number of rotatable bonds is 7. The lowest BCUT2D eigenvalue weighted by Gasteiger charge is -2.13. The first-order valence-corrected chi connectivity index (χ1v) is 12.4. The van der Waals surface area contributed by atoms with Gasteiger partial charge in [-0.1, -0.05) is 22.0 Å². The molecule has 158 valence electrons. The number of sulfonamides is 2. The number of benzene rings is 3. The largest absolute Gasteiger partial charge is 0.495 e. The standard InChI is InChI=1S/C20H19BrN2O5S2/c1-14-3-12-20(28-2)19(13-14)23-30(26,27)18-10-6-16(7-11-18)22-29(24,25)17-8-4-15(21)5-9-17/h3-13,22-23H,1-2H3. The van der Waals surface area contributed by atoms with E-state index in [2.05, 4.69) is 25.4 Å². The lowest BCUT2D eigenvalue weighted by molar-refractivity contribution is 0.417. The molecule has 0 bridgehead atoms. The monoisotopic (exact) mass is 510 g/mol. The highest BCUT2D eigenvalue weighted by molar-refractivity contribution is 9.10. The normalized spacial score (nSPS) is 11.7. The molecule has 0 aliphatic rings. The van der Waals surface area contributed by atoms with Gasteiger partial charge in [-0.25, -0.2) is 16.8 Å². The van der Waals surface area contributed by atoms with Crippen molar-refractivity contribution in [3.8, 4) is 5.75 Å². The topological polar surface area (TPSA) is 102 Å². The van der Waals surface area contributed by atoms with Gasteiger partial charge in [-0.2, -0.15) is 0 Å². The smallest absolute Gasteiger partial charge is 0.262 e. The summed E-state index contributed by atoms with van der Waals surface area (Å²) in [5.74, 6) is 0.392. The van der Waals surface area contributed by atoms with E-state index in [4.69, 9.17) is 4.74 Å². The number of hydrogen-bond donors (Lipinski definition) is 2. The molecule has 0 spiro atoms. The number of methoxy groups -OCH3 is 1. The Labute approximate surface area is 184 Å². The second kappa shape index (κ2) is 8.66. The molecule has 0 unspecified atom stereocenters. The molecule has 0 heterocycles. The molecule has 30 heavy (non-hydrogen) atoms. The average molecular weight is 511 g/mol. The summed E-state index contributed by atoms with van der Waals surface area (Å²) in [5.41, 5.74) is 1.42. The van der Waals surface area contributed by atoms with Crippen molar-refractivity contribution in [3.05, 3.63) is 76.8 Å². The van der Waals surface area contributed by atoms with Gasteiger partial charge in [-0.15, -0.1) is 0 Å². The minimum Gasteiger partial charge on any atom is -0.495 e. The highest BCUT2D eigenvalue weighted by atomic mass is 79.9. The Hall–Kier alpha value is -2.56. The second-order valence-electron chi connectivity index (χ2n) is 6.39. The van der Waals surface area contributed by atoms with Crippen molar-refractivity contribution in [1.29, 1.82) is 0 Å². The van der Waals surface area contributed by atoms with Crippen molar-refractivity contribution in [3.63, 3.8) is 0 Å². The van der Waals surface area contributed by atoms with Gasteiger partial charge < -0.3 is 4.74 Å². The van der Waals surface area contributed by atoms with E-state index >= 15 is 0 Å². The van der Waals surface area contributed by atoms with E-state index in [9.17, 15) is 16.8 Å². The average Bonchev–Trinajstić information content (AvgIpc) is 2.68. The first kappa shape index (κ1) is 22.1. The van der Waals surface area contributed by atoms with Gasteiger partial charge in [0.15, 0.2) is 0 Å². The molecule has 0 saturated heterocycles. The van der Waals surface area contributed by atoms with Crippen molar-refractivity contribution in [1.82, 2.24) is 0 Å². The summed E-state index contributed by atoms with van der Waals surface area (Å²) in [7, 11) is -6.23. The molecule has 3 rings (SSSR count). The maximum atomic E-state index is 12.7. The summed E-state index contributed by atoms with van der Waals surface area (Å²) in [4.78, 5) is 0.0771. The maximum absolute atomic E-state index is 12.7. The summed E-state index contributed by atoms with van der Waals surface area (Å²) in [6, 6.07) is 16.7. The van der Waals surface area contributed by atoms with Crippen molar-refractivity contribution >= 4 is 47.4 Å². The van der Waals surface area contributed by atoms with Crippen molar-refractivity contribution < 1.29 is 21.6 Å². The van der Waals surface area contributed by atoms with Gasteiger partial charge in [0, 0.05) is 10.2 Å². The summed E-state index contributed by atoms with van der Waals surface area (Å²) in [6.45, 7) is 1.84. The molecule has 0 aromatic heterocycles. The van der Waals surface area contributed by atoms with Crippen LogP contribution in [0.4, 0.5) is 11.4 Å². The Morgan fingerprint density at radius 1 is 0.767 bits per heavy atom. The van der Waals surface area contributed by atoms with Gasteiger partial charge >= 0.3 is 0 Å². The van der Waals surface area contributed by atoms with Gasteiger partial charge in [-0.3, -0.25) is 9.44 Å². The predicted molar refractivity (Wildman–Crippen MR) is 120 cm³/mol. The van der Waals surface area contributed by atoms with Crippen LogP contribution < -0.4 is 14.2 Å². The number of hydrogen-bond acceptors (Lipinski definition) is 5. The fraction of sp³-hybridized carbons (Fsp3) is 0.100. The van der Waals surface area contributed by atoms with E-state index in [0.29, 0.717) is 11.4 Å². The van der Waals surface area contributed by atoms with Crippen molar-refractivity contribution in [2.75, 3.05) is 16.6 Å². The van der Waals surface area contributed by atoms with E-state index in [1.54, 1.807) is 24.3 Å². The molecule has 0 aliphatic carbocycles. The minimum atomic E-state index is -3.89. The van der Waals surface area contributed by atoms with E-state index in [1.807, 2.05) is 13.0 Å². The Morgan fingerprint density at radius 2 is 1.30 bits per heavy atom. The molecular weight excluding hydrogens is 492 g/mol. The quantitative estimate of drug-likeness (QED) is 0.491. The summed E-state index contributed by atoms with van der Waals surface area (Å²) < 4.78 is 61.3. The lowest BCUT2D eigenvalue weighted by Crippen LogP contribution is -2.15. The summed E-state index contributed by atoms with van der Waals surface area (Å²) in [6.07, 6.45) is 0. The van der Waals surface area contributed by atoms with Crippen LogP contribution in [0.25, 0.3) is 0 Å². The molecule has 10 heteroatoms. The van der Waals surface area contributed by atoms with E-state index in [0.717, 1.165) is 10.0 Å². The first-order chi connectivity index (χ1) is 14.1. The molecule has 0 aliphatic heterocycles. The van der Waals surface area contributed by atoms with Crippen LogP contribution >= 0.6 is 15.9 Å². The molecule has 2 N–H and O–H groups in total. The second-order valence-corrected chi connectivity index (χ2v) is 10.7. The number of nitrogens with one attached hydrogen (secondary N) is 2. The first-order valence-electron chi connectivity index (χ1n) is 8.67. The molecule has 3 aromatic carbocycles. The third kappa shape index (κ3) is 5.13. The number of halogens is 1. The van der Waals surface area contributed by atoms with Crippen LogP contribution in [0.2, 0.25) is 0 Å². The zero-order chi connectivity index (χ0) is 21.9. The number of ether oxygens (including phenoxy) is 1. The molecule has 3 aromatic rings. The Balaban J connectivity index is 1.81. The van der Waals surface area contributed by atoms with E-state index < -0.39 is 20.0 Å². The summed E-state index contributed by atoms with van der Waals surface area (Å²) in [5, 5.41) is 0. The van der Waals surface area contributed by atoms with Crippen LogP contribution in [0.3, 0.4) is 0 Å². The predicted octanol–water partition coefficient (Wildman–Crippen LogP) is 4.37. The van der Waals surface area contributed by atoms with Crippen LogP contribution in [0.5, 0.6) is 5.75 Å². The zero-order valence-electron chi connectivity index (χ0n) is 16.1. The van der Waals surface area contributed by atoms with Crippen LogP contribution in [-0.4, -0.2) is 23.9 Å².